The molecule has 72 valence electrons. The van der Waals surface area contributed by atoms with Crippen LogP contribution in [0, 0.1) is 0 Å². The minimum Gasteiger partial charge on any atom is -0.377 e. The quantitative estimate of drug-likeness (QED) is 0.769. The molecular weight excluding hydrogens is 162 g/mol. The van der Waals surface area contributed by atoms with E-state index in [1.807, 2.05) is 0 Å². The number of benzene rings is 1. The summed E-state index contributed by atoms with van der Waals surface area (Å²) in [6.45, 7) is 2.72. The number of hydrogen-bond donors (Lipinski definition) is 1. The summed E-state index contributed by atoms with van der Waals surface area (Å²) in [7, 11) is 1.74. The topological polar surface area (TPSA) is 35.2 Å². The van der Waals surface area contributed by atoms with Crippen LogP contribution in [0.15, 0.2) is 24.3 Å². The van der Waals surface area contributed by atoms with Crippen molar-refractivity contribution in [3.63, 3.8) is 0 Å². The van der Waals surface area contributed by atoms with E-state index in [0.29, 0.717) is 6.54 Å². The Kier molecular flexibility index (Phi) is 3.93. The summed E-state index contributed by atoms with van der Waals surface area (Å²) in [5.74, 6) is 0. The van der Waals surface area contributed by atoms with Crippen molar-refractivity contribution in [1.82, 2.24) is 0 Å². The summed E-state index contributed by atoms with van der Waals surface area (Å²) in [5.41, 5.74) is 7.90. The fourth-order valence-electron chi connectivity index (χ4n) is 1.41. The largest absolute Gasteiger partial charge is 0.377 e. The zero-order valence-electron chi connectivity index (χ0n) is 8.29. The second-order valence-electron chi connectivity index (χ2n) is 3.08. The molecule has 0 amide bonds. The van der Waals surface area contributed by atoms with E-state index >= 15 is 0 Å². The molecular formula is C11H17NO. The average Bonchev–Trinajstić information content (AvgIpc) is 2.21. The van der Waals surface area contributed by atoms with Gasteiger partial charge in [0.25, 0.3) is 0 Å². The summed E-state index contributed by atoms with van der Waals surface area (Å²) in [5, 5.41) is 0. The van der Waals surface area contributed by atoms with Gasteiger partial charge in [0.1, 0.15) is 0 Å². The van der Waals surface area contributed by atoms with E-state index < -0.39 is 0 Å². The lowest BCUT2D eigenvalue weighted by Crippen LogP contribution is -2.01. The van der Waals surface area contributed by atoms with Crippen molar-refractivity contribution in [1.29, 1.82) is 0 Å². The van der Waals surface area contributed by atoms with Crippen LogP contribution in [-0.2, 0) is 11.3 Å². The highest BCUT2D eigenvalue weighted by molar-refractivity contribution is 5.24. The Morgan fingerprint density at radius 1 is 1.31 bits per heavy atom. The maximum Gasteiger partial charge on any atom is 0.0818 e. The monoisotopic (exact) mass is 179 g/mol. The van der Waals surface area contributed by atoms with Gasteiger partial charge >= 0.3 is 0 Å². The second-order valence-corrected chi connectivity index (χ2v) is 3.08. The van der Waals surface area contributed by atoms with Crippen molar-refractivity contribution in [3.8, 4) is 0 Å². The molecule has 0 spiro atoms. The molecule has 0 saturated carbocycles. The van der Waals surface area contributed by atoms with Crippen molar-refractivity contribution in [2.24, 2.45) is 5.73 Å². The molecule has 0 bridgehead atoms. The van der Waals surface area contributed by atoms with Gasteiger partial charge < -0.3 is 10.5 Å². The fourth-order valence-corrected chi connectivity index (χ4v) is 1.41. The molecule has 0 aliphatic heterocycles. The van der Waals surface area contributed by atoms with Crippen LogP contribution in [0.2, 0.25) is 0 Å². The summed E-state index contributed by atoms with van der Waals surface area (Å²) >= 11 is 0. The Morgan fingerprint density at radius 3 is 2.31 bits per heavy atom. The summed E-state index contributed by atoms with van der Waals surface area (Å²) in [6.07, 6.45) is 1.21. The van der Waals surface area contributed by atoms with E-state index in [0.717, 1.165) is 12.0 Å². The molecule has 0 aliphatic carbocycles. The molecule has 0 saturated heterocycles. The Morgan fingerprint density at radius 2 is 1.92 bits per heavy atom. The van der Waals surface area contributed by atoms with Crippen LogP contribution in [0.25, 0.3) is 0 Å². The highest BCUT2D eigenvalue weighted by Gasteiger charge is 2.06. The summed E-state index contributed by atoms with van der Waals surface area (Å²) in [4.78, 5) is 0. The molecule has 0 radical (unpaired) electrons. The van der Waals surface area contributed by atoms with Gasteiger partial charge in [-0.3, -0.25) is 0 Å². The lowest BCUT2D eigenvalue weighted by atomic mass is 10.1. The van der Waals surface area contributed by atoms with Crippen LogP contribution >= 0.6 is 0 Å². The Balaban J connectivity index is 2.78. The highest BCUT2D eigenvalue weighted by Crippen LogP contribution is 2.19. The van der Waals surface area contributed by atoms with Gasteiger partial charge in [-0.05, 0) is 17.5 Å². The van der Waals surface area contributed by atoms with Gasteiger partial charge in [-0.2, -0.15) is 0 Å². The maximum atomic E-state index is 5.51. The number of ether oxygens (including phenoxy) is 1. The molecule has 2 nitrogen and oxygen atoms in total. The van der Waals surface area contributed by atoms with E-state index in [2.05, 4.69) is 31.2 Å². The molecule has 1 atom stereocenters. The van der Waals surface area contributed by atoms with Crippen LogP contribution < -0.4 is 5.73 Å². The lowest BCUT2D eigenvalue weighted by molar-refractivity contribution is 0.100. The minimum absolute atomic E-state index is 0.215. The first kappa shape index (κ1) is 10.2. The van der Waals surface area contributed by atoms with Gasteiger partial charge in [0.05, 0.1) is 6.10 Å². The van der Waals surface area contributed by atoms with Gasteiger partial charge in [0.15, 0.2) is 0 Å². The predicted octanol–water partition coefficient (Wildman–Crippen LogP) is 2.24. The van der Waals surface area contributed by atoms with E-state index in [9.17, 15) is 0 Å². The SMILES string of the molecule is CCC(OC)c1ccc(CN)cc1. The molecule has 0 heterocycles. The average molecular weight is 179 g/mol. The number of methoxy groups -OCH3 is 1. The summed E-state index contributed by atoms with van der Waals surface area (Å²) < 4.78 is 5.33. The smallest absolute Gasteiger partial charge is 0.0818 e. The normalized spacial score (nSPS) is 12.8. The number of hydrogen-bond acceptors (Lipinski definition) is 2. The Labute approximate surface area is 79.7 Å². The van der Waals surface area contributed by atoms with Gasteiger partial charge in [0.2, 0.25) is 0 Å². The van der Waals surface area contributed by atoms with Gasteiger partial charge in [0, 0.05) is 13.7 Å². The van der Waals surface area contributed by atoms with Crippen molar-refractivity contribution in [2.45, 2.75) is 26.0 Å². The third kappa shape index (κ3) is 2.54. The van der Waals surface area contributed by atoms with Gasteiger partial charge in [-0.15, -0.1) is 0 Å². The van der Waals surface area contributed by atoms with Crippen molar-refractivity contribution in [3.05, 3.63) is 35.4 Å². The molecule has 2 N–H and O–H groups in total. The number of rotatable bonds is 4. The Hall–Kier alpha value is -0.860. The maximum absolute atomic E-state index is 5.51. The van der Waals surface area contributed by atoms with Crippen molar-refractivity contribution >= 4 is 0 Å². The standard InChI is InChI=1S/C11H17NO/c1-3-11(13-2)10-6-4-9(8-12)5-7-10/h4-7,11H,3,8,12H2,1-2H3. The van der Waals surface area contributed by atoms with Gasteiger partial charge in [-0.1, -0.05) is 31.2 Å². The first-order chi connectivity index (χ1) is 6.31. The number of nitrogens with two attached hydrogens (primary N) is 1. The third-order valence-corrected chi connectivity index (χ3v) is 2.24. The molecule has 1 aromatic carbocycles. The predicted molar refractivity (Wildman–Crippen MR) is 54.4 cm³/mol. The molecule has 0 fully saturated rings. The lowest BCUT2D eigenvalue weighted by Gasteiger charge is -2.13. The zero-order chi connectivity index (χ0) is 9.68. The molecule has 13 heavy (non-hydrogen) atoms. The molecule has 1 aromatic rings. The molecule has 0 aliphatic rings. The molecule has 1 rings (SSSR count). The molecule has 1 unspecified atom stereocenters. The molecule has 2 heteroatoms. The fraction of sp³-hybridized carbons (Fsp3) is 0.455. The van der Waals surface area contributed by atoms with Crippen LogP contribution in [0.5, 0.6) is 0 Å². The minimum atomic E-state index is 0.215. The van der Waals surface area contributed by atoms with Crippen LogP contribution in [0.4, 0.5) is 0 Å². The van der Waals surface area contributed by atoms with Crippen LogP contribution in [0.3, 0.4) is 0 Å². The van der Waals surface area contributed by atoms with E-state index in [1.54, 1.807) is 7.11 Å². The van der Waals surface area contributed by atoms with E-state index in [1.165, 1.54) is 5.56 Å². The second kappa shape index (κ2) is 5.00. The van der Waals surface area contributed by atoms with Crippen LogP contribution in [0.1, 0.15) is 30.6 Å². The first-order valence-corrected chi connectivity index (χ1v) is 4.63. The zero-order valence-corrected chi connectivity index (χ0v) is 8.29. The Bertz CT molecular complexity index is 239. The highest BCUT2D eigenvalue weighted by atomic mass is 16.5. The van der Waals surface area contributed by atoms with E-state index in [-0.39, 0.29) is 6.10 Å². The van der Waals surface area contributed by atoms with Crippen molar-refractivity contribution in [2.75, 3.05) is 7.11 Å². The van der Waals surface area contributed by atoms with Gasteiger partial charge in [-0.25, -0.2) is 0 Å². The molecule has 0 aromatic heterocycles. The third-order valence-electron chi connectivity index (χ3n) is 2.24. The first-order valence-electron chi connectivity index (χ1n) is 4.63. The van der Waals surface area contributed by atoms with Crippen LogP contribution in [-0.4, -0.2) is 7.11 Å². The van der Waals surface area contributed by atoms with Crippen molar-refractivity contribution < 1.29 is 4.74 Å². The van der Waals surface area contributed by atoms with E-state index in [4.69, 9.17) is 10.5 Å². The summed E-state index contributed by atoms with van der Waals surface area (Å²) in [6, 6.07) is 8.27.